The van der Waals surface area contributed by atoms with Gasteiger partial charge in [-0.3, -0.25) is 9.36 Å². The van der Waals surface area contributed by atoms with Crippen LogP contribution in [0.5, 0.6) is 0 Å². The highest BCUT2D eigenvalue weighted by molar-refractivity contribution is 5.85. The van der Waals surface area contributed by atoms with Crippen LogP contribution in [0.2, 0.25) is 0 Å². The lowest BCUT2D eigenvalue weighted by molar-refractivity contribution is -0.137. The number of ether oxygens (including phenoxy) is 1. The molecule has 1 aliphatic carbocycles. The summed E-state index contributed by atoms with van der Waals surface area (Å²) in [5.41, 5.74) is 3.09. The zero-order valence-corrected chi connectivity index (χ0v) is 25.1. The summed E-state index contributed by atoms with van der Waals surface area (Å²) >= 11 is 0. The van der Waals surface area contributed by atoms with Crippen molar-refractivity contribution in [3.8, 4) is 0 Å². The lowest BCUT2D eigenvalue weighted by atomic mass is 9.91. The van der Waals surface area contributed by atoms with Gasteiger partial charge in [-0.1, -0.05) is 60.7 Å². The molecule has 0 radical (unpaired) electrons. The molecule has 1 amide bonds. The van der Waals surface area contributed by atoms with Crippen molar-refractivity contribution in [2.75, 3.05) is 23.7 Å². The van der Waals surface area contributed by atoms with E-state index in [1.54, 1.807) is 6.92 Å². The van der Waals surface area contributed by atoms with E-state index in [1.807, 2.05) is 36.4 Å². The molecule has 1 saturated heterocycles. The summed E-state index contributed by atoms with van der Waals surface area (Å²) in [5, 5.41) is 41.1. The predicted molar refractivity (Wildman–Crippen MR) is 168 cm³/mol. The summed E-state index contributed by atoms with van der Waals surface area (Å²) in [5.74, 6) is 0.326. The maximum Gasteiger partial charge on any atom is 0.252 e. The van der Waals surface area contributed by atoms with Crippen LogP contribution < -0.4 is 16.0 Å². The lowest BCUT2D eigenvalue weighted by Crippen LogP contribution is -2.42. The molecule has 0 spiro atoms. The summed E-state index contributed by atoms with van der Waals surface area (Å²) in [6, 6.07) is 20.4. The third kappa shape index (κ3) is 6.49. The first kappa shape index (κ1) is 31.6. The molecule has 6 N–H and O–H groups in total. The number of fused-ring (bicyclic) bond motifs is 1. The zero-order valence-electron chi connectivity index (χ0n) is 24.3. The Kier molecular flexibility index (Phi) is 9.97. The minimum atomic E-state index is -1.43. The number of hydrogen-bond acceptors (Lipinski definition) is 10. The molecule has 6 rings (SSSR count). The highest BCUT2D eigenvalue weighted by Gasteiger charge is 2.47. The largest absolute Gasteiger partial charge is 0.393 e. The van der Waals surface area contributed by atoms with Gasteiger partial charge in [0.25, 0.3) is 5.91 Å². The Bertz CT molecular complexity index is 1500. The van der Waals surface area contributed by atoms with E-state index in [0.717, 1.165) is 17.5 Å². The van der Waals surface area contributed by atoms with Crippen LogP contribution in [0.25, 0.3) is 11.2 Å². The van der Waals surface area contributed by atoms with Crippen molar-refractivity contribution in [2.24, 2.45) is 0 Å². The topological polar surface area (TPSA) is 167 Å². The maximum absolute atomic E-state index is 12.5. The number of aliphatic hydroxyl groups is 3. The van der Waals surface area contributed by atoms with Crippen molar-refractivity contribution in [1.82, 2.24) is 24.8 Å². The van der Waals surface area contributed by atoms with E-state index in [9.17, 15) is 20.1 Å². The Morgan fingerprint density at radius 1 is 1.00 bits per heavy atom. The van der Waals surface area contributed by atoms with Gasteiger partial charge < -0.3 is 36.0 Å². The van der Waals surface area contributed by atoms with Gasteiger partial charge in [-0.05, 0) is 37.3 Å². The fourth-order valence-electron chi connectivity index (χ4n) is 5.94. The first-order valence-corrected chi connectivity index (χ1v) is 14.7. The molecule has 44 heavy (non-hydrogen) atoms. The molecule has 0 bridgehead atoms. The first-order chi connectivity index (χ1) is 20.9. The minimum absolute atomic E-state index is 0. The molecular formula is C31H38ClN7O5. The molecule has 0 unspecified atom stereocenters. The average Bonchev–Trinajstić information content (AvgIpc) is 3.71. The molecule has 2 aromatic heterocycles. The third-order valence-electron chi connectivity index (χ3n) is 8.16. The fraction of sp³-hybridized carbons (Fsp3) is 0.419. The number of halogens is 1. The van der Waals surface area contributed by atoms with E-state index in [2.05, 4.69) is 45.2 Å². The SMILES string of the molecule is CCNC(=O)[C@H]1O[C@H](n2cnc3c(NCC(c4ccccc4)c4ccccc4)nc(N[C@@H]4CC[C@@H](O)C4)nc32)[C@H](O)[C@@H]1O.Cl. The van der Waals surface area contributed by atoms with E-state index in [4.69, 9.17) is 14.7 Å². The monoisotopic (exact) mass is 623 g/mol. The van der Waals surface area contributed by atoms with Crippen molar-refractivity contribution < 1.29 is 24.9 Å². The van der Waals surface area contributed by atoms with E-state index in [1.165, 1.54) is 10.9 Å². The molecule has 1 saturated carbocycles. The number of carbonyl (C=O) groups is 1. The van der Waals surface area contributed by atoms with Gasteiger partial charge >= 0.3 is 0 Å². The maximum atomic E-state index is 12.5. The second kappa shape index (κ2) is 13.9. The minimum Gasteiger partial charge on any atom is -0.393 e. The van der Waals surface area contributed by atoms with Crippen molar-refractivity contribution in [3.05, 3.63) is 78.1 Å². The van der Waals surface area contributed by atoms with Gasteiger partial charge in [0.05, 0.1) is 12.4 Å². The van der Waals surface area contributed by atoms with Crippen molar-refractivity contribution in [3.63, 3.8) is 0 Å². The van der Waals surface area contributed by atoms with Gasteiger partial charge in [0.2, 0.25) is 5.95 Å². The standard InChI is InChI=1S/C31H37N7O5.ClH/c1-2-32-29(42)26-24(40)25(41)30(43-26)38-17-34-23-27(36-31(37-28(23)38)35-20-13-14-21(39)15-20)33-16-22(18-9-5-3-6-10-18)19-11-7-4-8-12-19;/h3-12,17,20-22,24-26,30,39-41H,2,13-16H2,1H3,(H,32,42)(H2,33,35,36,37);1H/t20-,21-,24+,25-,26+,30+;/m1./s1. The molecule has 12 nitrogen and oxygen atoms in total. The van der Waals surface area contributed by atoms with Crippen molar-refractivity contribution in [2.45, 2.75) is 68.8 Å². The van der Waals surface area contributed by atoms with Crippen LogP contribution >= 0.6 is 12.4 Å². The van der Waals surface area contributed by atoms with Gasteiger partial charge in [-0.15, -0.1) is 12.4 Å². The van der Waals surface area contributed by atoms with Crippen LogP contribution in [0.3, 0.4) is 0 Å². The second-order valence-electron chi connectivity index (χ2n) is 11.1. The van der Waals surface area contributed by atoms with Crippen LogP contribution in [-0.4, -0.2) is 84.3 Å². The molecule has 6 atom stereocenters. The lowest BCUT2D eigenvalue weighted by Gasteiger charge is -2.20. The molecule has 234 valence electrons. The van der Waals surface area contributed by atoms with Crippen LogP contribution in [0, 0.1) is 0 Å². The number of rotatable bonds is 10. The number of hydrogen-bond donors (Lipinski definition) is 6. The first-order valence-electron chi connectivity index (χ1n) is 14.7. The summed E-state index contributed by atoms with van der Waals surface area (Å²) in [7, 11) is 0. The van der Waals surface area contributed by atoms with E-state index in [-0.39, 0.29) is 30.5 Å². The van der Waals surface area contributed by atoms with Crippen LogP contribution in [0.15, 0.2) is 67.0 Å². The number of carbonyl (C=O) groups excluding carboxylic acids is 1. The second-order valence-corrected chi connectivity index (χ2v) is 11.1. The summed E-state index contributed by atoms with van der Waals surface area (Å²) < 4.78 is 7.39. The van der Waals surface area contributed by atoms with Crippen LogP contribution in [0.4, 0.5) is 11.8 Å². The van der Waals surface area contributed by atoms with Gasteiger partial charge in [-0.25, -0.2) is 4.98 Å². The summed E-state index contributed by atoms with van der Waals surface area (Å²) in [6.45, 7) is 2.63. The molecule has 2 fully saturated rings. The zero-order chi connectivity index (χ0) is 29.9. The number of aromatic nitrogens is 4. The molecule has 2 aromatic carbocycles. The summed E-state index contributed by atoms with van der Waals surface area (Å²) in [6.07, 6.45) is -2.01. The van der Waals surface area contributed by atoms with Gasteiger partial charge in [0.1, 0.15) is 12.2 Å². The smallest absolute Gasteiger partial charge is 0.252 e. The van der Waals surface area contributed by atoms with Gasteiger partial charge in [0.15, 0.2) is 29.3 Å². The number of nitrogens with zero attached hydrogens (tertiary/aromatic N) is 4. The number of imidazole rings is 1. The van der Waals surface area contributed by atoms with E-state index in [0.29, 0.717) is 48.9 Å². The Balaban J connectivity index is 0.00000384. The number of benzene rings is 2. The molecule has 2 aliphatic rings. The molecule has 3 heterocycles. The third-order valence-corrected chi connectivity index (χ3v) is 8.16. The highest BCUT2D eigenvalue weighted by Crippen LogP contribution is 2.34. The predicted octanol–water partition coefficient (Wildman–Crippen LogP) is 2.57. The molecule has 13 heteroatoms. The molecule has 1 aliphatic heterocycles. The quantitative estimate of drug-likeness (QED) is 0.155. The molecular weight excluding hydrogens is 586 g/mol. The van der Waals surface area contributed by atoms with Crippen molar-refractivity contribution in [1.29, 1.82) is 0 Å². The fourth-order valence-corrected chi connectivity index (χ4v) is 5.94. The van der Waals surface area contributed by atoms with Crippen LogP contribution in [0.1, 0.15) is 49.5 Å². The number of amides is 1. The summed E-state index contributed by atoms with van der Waals surface area (Å²) in [4.78, 5) is 26.6. The van der Waals surface area contributed by atoms with E-state index >= 15 is 0 Å². The highest BCUT2D eigenvalue weighted by atomic mass is 35.5. The average molecular weight is 624 g/mol. The van der Waals surface area contributed by atoms with Gasteiger partial charge in [-0.2, -0.15) is 9.97 Å². The normalized spacial score (nSPS) is 24.8. The van der Waals surface area contributed by atoms with E-state index < -0.39 is 30.4 Å². The number of anilines is 2. The Morgan fingerprint density at radius 2 is 1.68 bits per heavy atom. The Hall–Kier alpha value is -3.81. The van der Waals surface area contributed by atoms with Crippen molar-refractivity contribution >= 4 is 41.2 Å². The van der Waals surface area contributed by atoms with Gasteiger partial charge in [0, 0.05) is 25.0 Å². The number of aliphatic hydroxyl groups excluding tert-OH is 3. The van der Waals surface area contributed by atoms with Crippen LogP contribution in [-0.2, 0) is 9.53 Å². The number of likely N-dealkylation sites (N-methyl/N-ethyl adjacent to an activating group) is 1. The Morgan fingerprint density at radius 3 is 2.30 bits per heavy atom. The number of nitrogens with one attached hydrogen (secondary N) is 3. The molecule has 4 aromatic rings. The Labute approximate surface area is 261 Å².